The third-order valence-electron chi connectivity index (χ3n) is 5.99. The van der Waals surface area contributed by atoms with Crippen LogP contribution < -0.4 is 10.1 Å². The number of carbonyl (C=O) groups excluding carboxylic acids is 2. The lowest BCUT2D eigenvalue weighted by Gasteiger charge is -2.31. The lowest BCUT2D eigenvalue weighted by molar-refractivity contribution is -0.141. The van der Waals surface area contributed by atoms with E-state index in [-0.39, 0.29) is 24.5 Å². The van der Waals surface area contributed by atoms with Gasteiger partial charge in [0.1, 0.15) is 11.8 Å². The Hall–Kier alpha value is -2.82. The molecule has 0 aliphatic heterocycles. The number of benzene rings is 2. The molecule has 0 bridgehead atoms. The molecule has 3 rings (SSSR count). The van der Waals surface area contributed by atoms with Gasteiger partial charge in [-0.05, 0) is 50.8 Å². The van der Waals surface area contributed by atoms with Crippen molar-refractivity contribution in [2.75, 3.05) is 13.2 Å². The van der Waals surface area contributed by atoms with Crippen molar-refractivity contribution in [1.82, 2.24) is 10.2 Å². The fraction of sp³-hybridized carbons (Fsp3) is 0.462. The van der Waals surface area contributed by atoms with Crippen molar-refractivity contribution >= 4 is 11.8 Å². The quantitative estimate of drug-likeness (QED) is 0.656. The number of ether oxygens (including phenoxy) is 1. The Bertz CT molecular complexity index is 829. The fourth-order valence-electron chi connectivity index (χ4n) is 4.00. The zero-order chi connectivity index (χ0) is 22.1. The number of carbonyl (C=O) groups is 2. The Kier molecular flexibility index (Phi) is 8.51. The van der Waals surface area contributed by atoms with Gasteiger partial charge in [-0.3, -0.25) is 9.59 Å². The number of amides is 2. The molecular weight excluding hydrogens is 388 g/mol. The summed E-state index contributed by atoms with van der Waals surface area (Å²) in [7, 11) is 0. The smallest absolute Gasteiger partial charge is 0.261 e. The number of nitrogens with one attached hydrogen (secondary N) is 1. The molecule has 2 amide bonds. The zero-order valence-electron chi connectivity index (χ0n) is 18.7. The minimum atomic E-state index is -0.542. The third-order valence-corrected chi connectivity index (χ3v) is 5.99. The van der Waals surface area contributed by atoms with Crippen molar-refractivity contribution < 1.29 is 14.3 Å². The molecule has 1 saturated carbocycles. The normalized spacial score (nSPS) is 15.2. The average Bonchev–Trinajstić information content (AvgIpc) is 2.80. The van der Waals surface area contributed by atoms with E-state index in [0.717, 1.165) is 36.8 Å². The molecule has 166 valence electrons. The van der Waals surface area contributed by atoms with E-state index in [4.69, 9.17) is 4.74 Å². The minimum absolute atomic E-state index is 0.0800. The van der Waals surface area contributed by atoms with Crippen molar-refractivity contribution in [3.8, 4) is 5.75 Å². The Morgan fingerprint density at radius 3 is 2.39 bits per heavy atom. The van der Waals surface area contributed by atoms with Crippen LogP contribution in [0.4, 0.5) is 0 Å². The van der Waals surface area contributed by atoms with E-state index in [1.165, 1.54) is 6.42 Å². The zero-order valence-corrected chi connectivity index (χ0v) is 18.7. The predicted octanol–water partition coefficient (Wildman–Crippen LogP) is 4.28. The van der Waals surface area contributed by atoms with E-state index in [1.54, 1.807) is 4.90 Å². The lowest BCUT2D eigenvalue weighted by atomic mass is 9.95. The van der Waals surface area contributed by atoms with Crippen LogP contribution >= 0.6 is 0 Å². The summed E-state index contributed by atoms with van der Waals surface area (Å²) < 4.78 is 5.71. The van der Waals surface area contributed by atoms with Gasteiger partial charge in [-0.25, -0.2) is 0 Å². The molecule has 1 aliphatic rings. The van der Waals surface area contributed by atoms with Crippen LogP contribution in [0, 0.1) is 6.92 Å². The molecule has 0 spiro atoms. The van der Waals surface area contributed by atoms with Gasteiger partial charge in [-0.1, -0.05) is 67.3 Å². The highest BCUT2D eigenvalue weighted by Crippen LogP contribution is 2.18. The summed E-state index contributed by atoms with van der Waals surface area (Å²) in [6.07, 6.45) is 6.28. The maximum absolute atomic E-state index is 13.1. The van der Waals surface area contributed by atoms with Gasteiger partial charge < -0.3 is 15.0 Å². The first kappa shape index (κ1) is 22.9. The van der Waals surface area contributed by atoms with Crippen molar-refractivity contribution in [2.24, 2.45) is 0 Å². The molecule has 0 heterocycles. The van der Waals surface area contributed by atoms with Gasteiger partial charge in [0.2, 0.25) is 5.91 Å². The topological polar surface area (TPSA) is 58.6 Å². The molecule has 0 radical (unpaired) electrons. The number of hydrogen-bond acceptors (Lipinski definition) is 3. The maximum atomic E-state index is 13.1. The van der Waals surface area contributed by atoms with Gasteiger partial charge >= 0.3 is 0 Å². The molecule has 1 aliphatic carbocycles. The third kappa shape index (κ3) is 7.12. The fourth-order valence-corrected chi connectivity index (χ4v) is 4.00. The highest BCUT2D eigenvalue weighted by Gasteiger charge is 2.28. The summed E-state index contributed by atoms with van der Waals surface area (Å²) in [6, 6.07) is 17.3. The Balaban J connectivity index is 1.63. The standard InChI is InChI=1S/C26H34N2O3/c1-20-13-15-24(16-14-20)31-19-25(29)28(18-17-22-9-5-3-6-10-22)21(2)26(30)27-23-11-7-4-8-12-23/h3,5-6,9-10,13-16,21,23H,4,7-8,11-12,17-19H2,1-2H3,(H,27,30). The number of aryl methyl sites for hydroxylation is 1. The van der Waals surface area contributed by atoms with Gasteiger partial charge in [0.15, 0.2) is 6.61 Å². The minimum Gasteiger partial charge on any atom is -0.484 e. The molecule has 0 saturated heterocycles. The van der Waals surface area contributed by atoms with Gasteiger partial charge in [0, 0.05) is 12.6 Å². The lowest BCUT2D eigenvalue weighted by Crippen LogP contribution is -2.52. The first-order valence-electron chi connectivity index (χ1n) is 11.4. The van der Waals surface area contributed by atoms with Crippen molar-refractivity contribution in [3.63, 3.8) is 0 Å². The molecule has 1 atom stereocenters. The second kappa shape index (κ2) is 11.5. The van der Waals surface area contributed by atoms with E-state index in [0.29, 0.717) is 18.7 Å². The maximum Gasteiger partial charge on any atom is 0.261 e. The van der Waals surface area contributed by atoms with Crippen LogP contribution in [0.5, 0.6) is 5.75 Å². The number of hydrogen-bond donors (Lipinski definition) is 1. The highest BCUT2D eigenvalue weighted by molar-refractivity contribution is 5.88. The van der Waals surface area contributed by atoms with E-state index >= 15 is 0 Å². The summed E-state index contributed by atoms with van der Waals surface area (Å²) in [6.45, 7) is 4.21. The van der Waals surface area contributed by atoms with Crippen LogP contribution in [-0.4, -0.2) is 41.9 Å². The molecular formula is C26H34N2O3. The first-order valence-corrected chi connectivity index (χ1v) is 11.4. The summed E-state index contributed by atoms with van der Waals surface area (Å²) >= 11 is 0. The van der Waals surface area contributed by atoms with Gasteiger partial charge in [-0.15, -0.1) is 0 Å². The van der Waals surface area contributed by atoms with Crippen molar-refractivity contribution in [3.05, 3.63) is 65.7 Å². The van der Waals surface area contributed by atoms with Crippen LogP contribution in [-0.2, 0) is 16.0 Å². The first-order chi connectivity index (χ1) is 15.0. The molecule has 0 aromatic heterocycles. The summed E-state index contributed by atoms with van der Waals surface area (Å²) in [4.78, 5) is 27.7. The van der Waals surface area contributed by atoms with Crippen LogP contribution in [0.2, 0.25) is 0 Å². The van der Waals surface area contributed by atoms with Crippen LogP contribution in [0.1, 0.15) is 50.2 Å². The largest absolute Gasteiger partial charge is 0.484 e. The van der Waals surface area contributed by atoms with Crippen molar-refractivity contribution in [2.45, 2.75) is 64.5 Å². The Morgan fingerprint density at radius 1 is 1.03 bits per heavy atom. The molecule has 1 N–H and O–H groups in total. The Morgan fingerprint density at radius 2 is 1.71 bits per heavy atom. The molecule has 2 aromatic carbocycles. The van der Waals surface area contributed by atoms with Crippen molar-refractivity contribution in [1.29, 1.82) is 0 Å². The van der Waals surface area contributed by atoms with Gasteiger partial charge in [0.05, 0.1) is 0 Å². The average molecular weight is 423 g/mol. The monoisotopic (exact) mass is 422 g/mol. The molecule has 5 heteroatoms. The second-order valence-corrected chi connectivity index (χ2v) is 8.44. The highest BCUT2D eigenvalue weighted by atomic mass is 16.5. The van der Waals surface area contributed by atoms with Gasteiger partial charge in [0.25, 0.3) is 5.91 Å². The van der Waals surface area contributed by atoms with Crippen LogP contribution in [0.15, 0.2) is 54.6 Å². The van der Waals surface area contributed by atoms with E-state index in [2.05, 4.69) is 5.32 Å². The SMILES string of the molecule is Cc1ccc(OCC(=O)N(CCc2ccccc2)C(C)C(=O)NC2CCCCC2)cc1. The van der Waals surface area contributed by atoms with Crippen LogP contribution in [0.25, 0.3) is 0 Å². The van der Waals surface area contributed by atoms with E-state index < -0.39 is 6.04 Å². The summed E-state index contributed by atoms with van der Waals surface area (Å²) in [5.41, 5.74) is 2.27. The molecule has 2 aromatic rings. The summed E-state index contributed by atoms with van der Waals surface area (Å²) in [5.74, 6) is 0.396. The number of nitrogens with zero attached hydrogens (tertiary/aromatic N) is 1. The van der Waals surface area contributed by atoms with Crippen LogP contribution in [0.3, 0.4) is 0 Å². The Labute approximate surface area is 185 Å². The van der Waals surface area contributed by atoms with E-state index in [9.17, 15) is 9.59 Å². The second-order valence-electron chi connectivity index (χ2n) is 8.44. The molecule has 1 fully saturated rings. The molecule has 31 heavy (non-hydrogen) atoms. The van der Waals surface area contributed by atoms with E-state index in [1.807, 2.05) is 68.4 Å². The predicted molar refractivity (Wildman–Crippen MR) is 123 cm³/mol. The van der Waals surface area contributed by atoms with Gasteiger partial charge in [-0.2, -0.15) is 0 Å². The summed E-state index contributed by atoms with van der Waals surface area (Å²) in [5, 5.41) is 3.16. The number of rotatable bonds is 9. The molecule has 1 unspecified atom stereocenters. The molecule has 5 nitrogen and oxygen atoms in total.